The molecule has 4 saturated carbocycles. The van der Waals surface area contributed by atoms with Crippen LogP contribution in [0.4, 0.5) is 0 Å². The van der Waals surface area contributed by atoms with Crippen LogP contribution in [0.3, 0.4) is 0 Å². The van der Waals surface area contributed by atoms with Crippen molar-refractivity contribution in [2.24, 2.45) is 17.3 Å². The average Bonchev–Trinajstić information content (AvgIpc) is 2.46. The molecule has 3 heteroatoms. The number of carbonyl (C=O) groups excluding carboxylic acids is 1. The number of benzene rings is 1. The Bertz CT molecular complexity index is 624. The molecule has 2 atom stereocenters. The lowest BCUT2D eigenvalue weighted by molar-refractivity contribution is -0.169. The number of amides is 1. The fourth-order valence-corrected chi connectivity index (χ4v) is 6.24. The van der Waals surface area contributed by atoms with E-state index in [0.29, 0.717) is 24.8 Å². The molecule has 5 rings (SSSR count). The minimum atomic E-state index is -0.467. The third-order valence-electron chi connectivity index (χ3n) is 6.66. The van der Waals surface area contributed by atoms with Crippen LogP contribution in [0, 0.1) is 24.2 Å². The average molecular weight is 327 g/mol. The molecule has 0 aliphatic heterocycles. The minimum Gasteiger partial charge on any atom is -0.390 e. The van der Waals surface area contributed by atoms with Gasteiger partial charge in [0.1, 0.15) is 0 Å². The van der Waals surface area contributed by atoms with Gasteiger partial charge in [-0.2, -0.15) is 0 Å². The molecule has 24 heavy (non-hydrogen) atoms. The van der Waals surface area contributed by atoms with Gasteiger partial charge in [0, 0.05) is 13.0 Å². The van der Waals surface area contributed by atoms with Crippen molar-refractivity contribution >= 4 is 5.91 Å². The molecule has 2 unspecified atom stereocenters. The van der Waals surface area contributed by atoms with E-state index in [9.17, 15) is 9.90 Å². The van der Waals surface area contributed by atoms with E-state index in [2.05, 4.69) is 36.5 Å². The van der Waals surface area contributed by atoms with Crippen molar-refractivity contribution in [1.82, 2.24) is 5.32 Å². The highest BCUT2D eigenvalue weighted by Gasteiger charge is 2.57. The molecule has 1 amide bonds. The lowest BCUT2D eigenvalue weighted by Crippen LogP contribution is -2.56. The van der Waals surface area contributed by atoms with Crippen molar-refractivity contribution in [2.75, 3.05) is 6.54 Å². The maximum atomic E-state index is 12.5. The molecule has 0 heterocycles. The molecular weight excluding hydrogens is 298 g/mol. The van der Waals surface area contributed by atoms with Crippen LogP contribution in [-0.4, -0.2) is 23.2 Å². The zero-order valence-electron chi connectivity index (χ0n) is 14.7. The standard InChI is InChI=1S/C21H29NO2/c1-15-4-2-3-5-18(15)6-7-22-19(23)13-20-9-16-8-17(10-20)12-21(24,11-16)14-20/h2-5,16-17,24H,6-14H2,1H3,(H,22,23). The highest BCUT2D eigenvalue weighted by atomic mass is 16.3. The van der Waals surface area contributed by atoms with Crippen LogP contribution in [-0.2, 0) is 11.2 Å². The summed E-state index contributed by atoms with van der Waals surface area (Å²) in [5.41, 5.74) is 2.20. The number of rotatable bonds is 5. The van der Waals surface area contributed by atoms with Gasteiger partial charge in [0.05, 0.1) is 5.60 Å². The third kappa shape index (κ3) is 3.11. The van der Waals surface area contributed by atoms with Crippen LogP contribution < -0.4 is 5.32 Å². The second kappa shape index (κ2) is 5.87. The quantitative estimate of drug-likeness (QED) is 0.871. The van der Waals surface area contributed by atoms with E-state index < -0.39 is 5.60 Å². The molecule has 1 aromatic carbocycles. The van der Waals surface area contributed by atoms with E-state index in [1.165, 1.54) is 17.5 Å². The first-order valence-electron chi connectivity index (χ1n) is 9.49. The number of hydrogen-bond donors (Lipinski definition) is 2. The van der Waals surface area contributed by atoms with E-state index in [4.69, 9.17) is 0 Å². The van der Waals surface area contributed by atoms with E-state index in [1.807, 2.05) is 0 Å². The molecule has 0 saturated heterocycles. The van der Waals surface area contributed by atoms with Gasteiger partial charge in [-0.25, -0.2) is 0 Å². The fraction of sp³-hybridized carbons (Fsp3) is 0.667. The number of hydrogen-bond acceptors (Lipinski definition) is 2. The molecule has 3 nitrogen and oxygen atoms in total. The molecule has 2 N–H and O–H groups in total. The summed E-state index contributed by atoms with van der Waals surface area (Å²) in [7, 11) is 0. The number of aryl methyl sites for hydroxylation is 1. The van der Waals surface area contributed by atoms with Crippen molar-refractivity contribution in [3.05, 3.63) is 35.4 Å². The third-order valence-corrected chi connectivity index (χ3v) is 6.66. The zero-order chi connectivity index (χ0) is 16.8. The van der Waals surface area contributed by atoms with Crippen LogP contribution in [0.2, 0.25) is 0 Å². The lowest BCUT2D eigenvalue weighted by atomic mass is 9.47. The van der Waals surface area contributed by atoms with Crippen LogP contribution in [0.15, 0.2) is 24.3 Å². The first-order valence-corrected chi connectivity index (χ1v) is 9.49. The summed E-state index contributed by atoms with van der Waals surface area (Å²) < 4.78 is 0. The summed E-state index contributed by atoms with van der Waals surface area (Å²) in [6, 6.07) is 8.36. The van der Waals surface area contributed by atoms with Crippen molar-refractivity contribution < 1.29 is 9.90 Å². The molecule has 0 aromatic heterocycles. The molecule has 0 radical (unpaired) electrons. The Kier molecular flexibility index (Phi) is 3.95. The van der Waals surface area contributed by atoms with Crippen LogP contribution in [0.5, 0.6) is 0 Å². The summed E-state index contributed by atoms with van der Waals surface area (Å²) in [6.07, 6.45) is 7.86. The van der Waals surface area contributed by atoms with Crippen LogP contribution in [0.1, 0.15) is 56.1 Å². The van der Waals surface area contributed by atoms with Gasteiger partial charge >= 0.3 is 0 Å². The Morgan fingerprint density at radius 3 is 2.58 bits per heavy atom. The Labute approximate surface area is 144 Å². The van der Waals surface area contributed by atoms with Crippen LogP contribution >= 0.6 is 0 Å². The Morgan fingerprint density at radius 2 is 1.92 bits per heavy atom. The predicted molar refractivity (Wildman–Crippen MR) is 94.6 cm³/mol. The molecule has 0 spiro atoms. The SMILES string of the molecule is Cc1ccccc1CCNC(=O)CC12CC3CC(CC(O)(C3)C1)C2. The molecule has 4 fully saturated rings. The first-order chi connectivity index (χ1) is 11.5. The van der Waals surface area contributed by atoms with Gasteiger partial charge in [-0.15, -0.1) is 0 Å². The smallest absolute Gasteiger partial charge is 0.220 e. The molecule has 1 aromatic rings. The topological polar surface area (TPSA) is 49.3 Å². The summed E-state index contributed by atoms with van der Waals surface area (Å²) in [4.78, 5) is 12.5. The van der Waals surface area contributed by atoms with Gasteiger partial charge in [-0.3, -0.25) is 4.79 Å². The Balaban J connectivity index is 1.33. The monoisotopic (exact) mass is 327 g/mol. The number of carbonyl (C=O) groups is 1. The maximum absolute atomic E-state index is 12.5. The van der Waals surface area contributed by atoms with Gasteiger partial charge < -0.3 is 10.4 Å². The largest absolute Gasteiger partial charge is 0.390 e. The van der Waals surface area contributed by atoms with E-state index in [1.54, 1.807) is 0 Å². The summed E-state index contributed by atoms with van der Waals surface area (Å²) >= 11 is 0. The van der Waals surface area contributed by atoms with Crippen LogP contribution in [0.25, 0.3) is 0 Å². The predicted octanol–water partition coefficient (Wildman–Crippen LogP) is 3.38. The van der Waals surface area contributed by atoms with Crippen molar-refractivity contribution in [2.45, 2.75) is 63.9 Å². The Hall–Kier alpha value is -1.35. The van der Waals surface area contributed by atoms with Crippen molar-refractivity contribution in [3.8, 4) is 0 Å². The Morgan fingerprint density at radius 1 is 1.21 bits per heavy atom. The highest BCUT2D eigenvalue weighted by molar-refractivity contribution is 5.76. The fourth-order valence-electron chi connectivity index (χ4n) is 6.24. The van der Waals surface area contributed by atoms with E-state index in [0.717, 1.165) is 38.5 Å². The highest BCUT2D eigenvalue weighted by Crippen LogP contribution is 2.62. The van der Waals surface area contributed by atoms with Gasteiger partial charge in [-0.05, 0) is 80.2 Å². The number of aliphatic hydroxyl groups is 1. The van der Waals surface area contributed by atoms with Gasteiger partial charge in [-0.1, -0.05) is 24.3 Å². The van der Waals surface area contributed by atoms with Gasteiger partial charge in [0.25, 0.3) is 0 Å². The summed E-state index contributed by atoms with van der Waals surface area (Å²) in [5.74, 6) is 1.47. The van der Waals surface area contributed by atoms with Crippen molar-refractivity contribution in [1.29, 1.82) is 0 Å². The summed E-state index contributed by atoms with van der Waals surface area (Å²) in [5, 5.41) is 13.9. The van der Waals surface area contributed by atoms with E-state index >= 15 is 0 Å². The normalized spacial score (nSPS) is 36.8. The molecular formula is C21H29NO2. The second-order valence-corrected chi connectivity index (χ2v) is 8.89. The maximum Gasteiger partial charge on any atom is 0.220 e. The number of nitrogens with one attached hydrogen (secondary N) is 1. The van der Waals surface area contributed by atoms with Gasteiger partial charge in [0.2, 0.25) is 5.91 Å². The molecule has 4 bridgehead atoms. The lowest BCUT2D eigenvalue weighted by Gasteiger charge is -2.60. The zero-order valence-corrected chi connectivity index (χ0v) is 14.7. The van der Waals surface area contributed by atoms with E-state index in [-0.39, 0.29) is 11.3 Å². The van der Waals surface area contributed by atoms with Crippen molar-refractivity contribution in [3.63, 3.8) is 0 Å². The molecule has 4 aliphatic carbocycles. The second-order valence-electron chi connectivity index (χ2n) is 8.89. The summed E-state index contributed by atoms with van der Waals surface area (Å²) in [6.45, 7) is 2.82. The van der Waals surface area contributed by atoms with Gasteiger partial charge in [0.15, 0.2) is 0 Å². The molecule has 4 aliphatic rings. The minimum absolute atomic E-state index is 0.0750. The molecule has 130 valence electrons. The first kappa shape index (κ1) is 16.1.